The van der Waals surface area contributed by atoms with Crippen LogP contribution < -0.4 is 5.73 Å². The number of nitrogens with two attached hydrogens (primary N) is 1. The minimum absolute atomic E-state index is 0.246. The maximum Gasteiger partial charge on any atom is 0.410 e. The standard InChI is InChI=1S/C14H27N3O4/c1-13(2,3)21-12(18)17-6-4-16(5-7-17)11-14(10-15)19-8-9-20-14/h4-11,15H2,1-3H3. The van der Waals surface area contributed by atoms with Crippen molar-refractivity contribution in [1.82, 2.24) is 9.80 Å². The molecule has 0 saturated carbocycles. The van der Waals surface area contributed by atoms with Crippen molar-refractivity contribution in [2.75, 3.05) is 52.5 Å². The van der Waals surface area contributed by atoms with Crippen LogP contribution in [0.15, 0.2) is 0 Å². The summed E-state index contributed by atoms with van der Waals surface area (Å²) < 4.78 is 16.7. The van der Waals surface area contributed by atoms with Crippen LogP contribution >= 0.6 is 0 Å². The van der Waals surface area contributed by atoms with Crippen LogP contribution in [0.4, 0.5) is 4.79 Å². The Morgan fingerprint density at radius 3 is 2.24 bits per heavy atom. The van der Waals surface area contributed by atoms with Gasteiger partial charge in [-0.15, -0.1) is 0 Å². The highest BCUT2D eigenvalue weighted by Crippen LogP contribution is 2.20. The van der Waals surface area contributed by atoms with Crippen molar-refractivity contribution in [1.29, 1.82) is 0 Å². The van der Waals surface area contributed by atoms with Gasteiger partial charge in [-0.25, -0.2) is 4.79 Å². The van der Waals surface area contributed by atoms with Gasteiger partial charge in [0.05, 0.1) is 19.8 Å². The van der Waals surface area contributed by atoms with E-state index in [9.17, 15) is 4.79 Å². The van der Waals surface area contributed by atoms with Gasteiger partial charge in [-0.1, -0.05) is 0 Å². The van der Waals surface area contributed by atoms with Crippen molar-refractivity contribution >= 4 is 6.09 Å². The second kappa shape index (κ2) is 6.48. The highest BCUT2D eigenvalue weighted by atomic mass is 16.7. The van der Waals surface area contributed by atoms with Crippen molar-refractivity contribution in [2.45, 2.75) is 32.2 Å². The number of piperazine rings is 1. The van der Waals surface area contributed by atoms with Crippen LogP contribution in [0, 0.1) is 0 Å². The van der Waals surface area contributed by atoms with Gasteiger partial charge in [0.25, 0.3) is 0 Å². The molecule has 7 heteroatoms. The van der Waals surface area contributed by atoms with Crippen LogP contribution in [-0.4, -0.2) is 79.8 Å². The summed E-state index contributed by atoms with van der Waals surface area (Å²) in [7, 11) is 0. The van der Waals surface area contributed by atoms with Crippen LogP contribution in [0.5, 0.6) is 0 Å². The summed E-state index contributed by atoms with van der Waals surface area (Å²) >= 11 is 0. The fraction of sp³-hybridized carbons (Fsp3) is 0.929. The molecule has 0 aromatic carbocycles. The van der Waals surface area contributed by atoms with Crippen LogP contribution in [0.25, 0.3) is 0 Å². The van der Waals surface area contributed by atoms with E-state index in [2.05, 4.69) is 4.90 Å². The van der Waals surface area contributed by atoms with Gasteiger partial charge in [-0.3, -0.25) is 4.90 Å². The lowest BCUT2D eigenvalue weighted by Gasteiger charge is -2.39. The fourth-order valence-electron chi connectivity index (χ4n) is 2.53. The first-order chi connectivity index (χ1) is 9.84. The molecule has 122 valence electrons. The van der Waals surface area contributed by atoms with Crippen molar-refractivity contribution in [3.05, 3.63) is 0 Å². The average molecular weight is 301 g/mol. The van der Waals surface area contributed by atoms with Crippen molar-refractivity contribution in [2.24, 2.45) is 5.73 Å². The summed E-state index contributed by atoms with van der Waals surface area (Å²) in [6.07, 6.45) is -0.246. The third kappa shape index (κ3) is 4.54. The van der Waals surface area contributed by atoms with Crippen LogP contribution in [-0.2, 0) is 14.2 Å². The molecular formula is C14H27N3O4. The molecule has 0 bridgehead atoms. The zero-order valence-electron chi connectivity index (χ0n) is 13.3. The zero-order chi connectivity index (χ0) is 15.5. The lowest BCUT2D eigenvalue weighted by Crippen LogP contribution is -2.56. The Hall–Kier alpha value is -0.890. The topological polar surface area (TPSA) is 77.3 Å². The van der Waals surface area contributed by atoms with Gasteiger partial charge in [0.15, 0.2) is 5.79 Å². The Kier molecular flexibility index (Phi) is 5.08. The number of nitrogens with zero attached hydrogens (tertiary/aromatic N) is 2. The molecule has 0 radical (unpaired) electrons. The van der Waals surface area contributed by atoms with E-state index in [1.807, 2.05) is 20.8 Å². The molecule has 0 aromatic heterocycles. The lowest BCUT2D eigenvalue weighted by molar-refractivity contribution is -0.164. The summed E-state index contributed by atoms with van der Waals surface area (Å²) in [6, 6.07) is 0. The van der Waals surface area contributed by atoms with Crippen LogP contribution in [0.1, 0.15) is 20.8 Å². The highest BCUT2D eigenvalue weighted by molar-refractivity contribution is 5.68. The van der Waals surface area contributed by atoms with Gasteiger partial charge in [0.2, 0.25) is 0 Å². The Labute approximate surface area is 126 Å². The molecule has 1 amide bonds. The number of ether oxygens (including phenoxy) is 3. The number of rotatable bonds is 3. The lowest BCUT2D eigenvalue weighted by atomic mass is 10.2. The van der Waals surface area contributed by atoms with Gasteiger partial charge >= 0.3 is 6.09 Å². The van der Waals surface area contributed by atoms with Gasteiger partial charge in [0.1, 0.15) is 5.60 Å². The molecule has 0 spiro atoms. The Morgan fingerprint density at radius 1 is 1.19 bits per heavy atom. The Bertz CT molecular complexity index is 356. The normalized spacial score (nSPS) is 23.3. The number of carbonyl (C=O) groups excluding carboxylic acids is 1. The fourth-order valence-corrected chi connectivity index (χ4v) is 2.53. The summed E-state index contributed by atoms with van der Waals surface area (Å²) in [5.74, 6) is -0.673. The summed E-state index contributed by atoms with van der Waals surface area (Å²) in [6.45, 7) is 10.6. The molecule has 2 saturated heterocycles. The van der Waals surface area contributed by atoms with Gasteiger partial charge in [-0.2, -0.15) is 0 Å². The average Bonchev–Trinajstić information content (AvgIpc) is 2.87. The predicted molar refractivity (Wildman–Crippen MR) is 77.9 cm³/mol. The Balaban J connectivity index is 1.79. The summed E-state index contributed by atoms with van der Waals surface area (Å²) in [5, 5.41) is 0. The van der Waals surface area contributed by atoms with Gasteiger partial charge < -0.3 is 24.8 Å². The molecule has 2 N–H and O–H groups in total. The minimum Gasteiger partial charge on any atom is -0.444 e. The van der Waals surface area contributed by atoms with Crippen LogP contribution in [0.2, 0.25) is 0 Å². The molecule has 2 fully saturated rings. The largest absolute Gasteiger partial charge is 0.444 e. The quantitative estimate of drug-likeness (QED) is 0.805. The second-order valence-electron chi connectivity index (χ2n) is 6.56. The maximum atomic E-state index is 12.0. The minimum atomic E-state index is -0.673. The first kappa shape index (κ1) is 16.5. The molecule has 0 atom stereocenters. The number of hydrogen-bond donors (Lipinski definition) is 1. The monoisotopic (exact) mass is 301 g/mol. The molecule has 7 nitrogen and oxygen atoms in total. The van der Waals surface area contributed by atoms with E-state index in [4.69, 9.17) is 19.9 Å². The maximum absolute atomic E-state index is 12.0. The van der Waals surface area contributed by atoms with Gasteiger partial charge in [-0.05, 0) is 20.8 Å². The summed E-state index contributed by atoms with van der Waals surface area (Å²) in [5.41, 5.74) is 5.31. The van der Waals surface area contributed by atoms with E-state index in [0.717, 1.165) is 13.1 Å². The zero-order valence-corrected chi connectivity index (χ0v) is 13.3. The van der Waals surface area contributed by atoms with E-state index in [0.29, 0.717) is 39.4 Å². The summed E-state index contributed by atoms with van der Waals surface area (Å²) in [4.78, 5) is 16.0. The first-order valence-electron chi connectivity index (χ1n) is 7.52. The van der Waals surface area contributed by atoms with E-state index in [1.54, 1.807) is 4.90 Å². The first-order valence-corrected chi connectivity index (χ1v) is 7.52. The number of hydrogen-bond acceptors (Lipinski definition) is 6. The van der Waals surface area contributed by atoms with Crippen LogP contribution in [0.3, 0.4) is 0 Å². The molecule has 2 aliphatic heterocycles. The molecule has 0 aromatic rings. The molecular weight excluding hydrogens is 274 g/mol. The number of carbonyl (C=O) groups is 1. The van der Waals surface area contributed by atoms with Crippen molar-refractivity contribution < 1.29 is 19.0 Å². The molecule has 21 heavy (non-hydrogen) atoms. The number of amides is 1. The second-order valence-corrected chi connectivity index (χ2v) is 6.56. The predicted octanol–water partition coefficient (Wildman–Crippen LogP) is 0.241. The van der Waals surface area contributed by atoms with Gasteiger partial charge in [0, 0.05) is 32.7 Å². The molecule has 2 aliphatic rings. The highest BCUT2D eigenvalue weighted by Gasteiger charge is 2.38. The molecule has 0 aliphatic carbocycles. The van der Waals surface area contributed by atoms with E-state index in [-0.39, 0.29) is 6.09 Å². The third-order valence-electron chi connectivity index (χ3n) is 3.61. The van der Waals surface area contributed by atoms with Crippen molar-refractivity contribution in [3.8, 4) is 0 Å². The molecule has 2 heterocycles. The smallest absolute Gasteiger partial charge is 0.410 e. The SMILES string of the molecule is CC(C)(C)OC(=O)N1CCN(CC2(CN)OCCO2)CC1. The molecule has 0 unspecified atom stereocenters. The third-order valence-corrected chi connectivity index (χ3v) is 3.61. The Morgan fingerprint density at radius 2 is 1.76 bits per heavy atom. The van der Waals surface area contributed by atoms with E-state index >= 15 is 0 Å². The van der Waals surface area contributed by atoms with E-state index in [1.165, 1.54) is 0 Å². The van der Waals surface area contributed by atoms with E-state index < -0.39 is 11.4 Å². The molecule has 2 rings (SSSR count). The van der Waals surface area contributed by atoms with Crippen molar-refractivity contribution in [3.63, 3.8) is 0 Å².